The summed E-state index contributed by atoms with van der Waals surface area (Å²) < 4.78 is 1.08. The van der Waals surface area contributed by atoms with E-state index in [9.17, 15) is 4.79 Å². The van der Waals surface area contributed by atoms with E-state index in [4.69, 9.17) is 0 Å². The maximum Gasteiger partial charge on any atom is 0.154 e. The van der Waals surface area contributed by atoms with Crippen LogP contribution in [0.2, 0.25) is 0 Å². The zero-order valence-corrected chi connectivity index (χ0v) is 11.6. The number of carbonyl (C=O) groups is 1. The first kappa shape index (κ1) is 12.3. The lowest BCUT2D eigenvalue weighted by Gasteiger charge is -2.13. The van der Waals surface area contributed by atoms with Gasteiger partial charge in [-0.05, 0) is 41.4 Å². The highest BCUT2D eigenvalue weighted by atomic mass is 79.9. The molecule has 2 heterocycles. The summed E-state index contributed by atoms with van der Waals surface area (Å²) in [5.74, 6) is 0.344. The molecule has 1 aromatic heterocycles. The van der Waals surface area contributed by atoms with Crippen molar-refractivity contribution in [3.05, 3.63) is 20.8 Å². The van der Waals surface area contributed by atoms with Crippen molar-refractivity contribution in [1.82, 2.24) is 5.32 Å². The molecule has 16 heavy (non-hydrogen) atoms. The third kappa shape index (κ3) is 3.40. The van der Waals surface area contributed by atoms with Gasteiger partial charge in [-0.3, -0.25) is 4.79 Å². The van der Waals surface area contributed by atoms with Crippen molar-refractivity contribution in [2.45, 2.75) is 38.1 Å². The van der Waals surface area contributed by atoms with E-state index < -0.39 is 0 Å². The van der Waals surface area contributed by atoms with Crippen LogP contribution in [0.25, 0.3) is 0 Å². The molecular weight excluding hydrogens is 286 g/mol. The van der Waals surface area contributed by atoms with Gasteiger partial charge in [-0.15, -0.1) is 11.3 Å². The highest BCUT2D eigenvalue weighted by Gasteiger charge is 2.19. The fraction of sp³-hybridized carbons (Fsp3) is 0.583. The zero-order chi connectivity index (χ0) is 11.4. The van der Waals surface area contributed by atoms with Gasteiger partial charge in [0.05, 0.1) is 6.04 Å². The minimum Gasteiger partial charge on any atom is -0.307 e. The van der Waals surface area contributed by atoms with E-state index in [2.05, 4.69) is 21.2 Å². The van der Waals surface area contributed by atoms with Gasteiger partial charge in [0.25, 0.3) is 0 Å². The van der Waals surface area contributed by atoms with Crippen LogP contribution in [0.15, 0.2) is 15.9 Å². The molecule has 1 aliphatic heterocycles. The molecule has 1 aromatic rings. The average Bonchev–Trinajstić information content (AvgIpc) is 2.56. The molecule has 88 valence electrons. The van der Waals surface area contributed by atoms with E-state index in [0.717, 1.165) is 22.3 Å². The molecule has 1 atom stereocenters. The first-order valence-corrected chi connectivity index (χ1v) is 7.42. The largest absolute Gasteiger partial charge is 0.307 e. The van der Waals surface area contributed by atoms with Crippen LogP contribution in [-0.4, -0.2) is 18.4 Å². The van der Waals surface area contributed by atoms with Crippen LogP contribution >= 0.6 is 27.3 Å². The topological polar surface area (TPSA) is 29.1 Å². The number of Topliss-reactive ketones (excluding diaryl/α,β-unsaturated/α-hetero) is 1. The lowest BCUT2D eigenvalue weighted by molar-refractivity contribution is -0.120. The fourth-order valence-electron chi connectivity index (χ4n) is 2.04. The predicted octanol–water partition coefficient (Wildman–Crippen LogP) is 3.15. The third-order valence-electron chi connectivity index (χ3n) is 2.92. The molecule has 0 radical (unpaired) electrons. The van der Waals surface area contributed by atoms with Gasteiger partial charge in [0.15, 0.2) is 5.78 Å². The number of thiophene rings is 1. The van der Waals surface area contributed by atoms with E-state index in [1.165, 1.54) is 19.3 Å². The monoisotopic (exact) mass is 301 g/mol. The Bertz CT molecular complexity index is 356. The van der Waals surface area contributed by atoms with Crippen molar-refractivity contribution in [1.29, 1.82) is 0 Å². The molecule has 1 unspecified atom stereocenters. The van der Waals surface area contributed by atoms with Crippen LogP contribution in [-0.2, 0) is 11.2 Å². The van der Waals surface area contributed by atoms with Crippen LogP contribution in [0.3, 0.4) is 0 Å². The number of nitrogens with one attached hydrogen (secondary N) is 1. The van der Waals surface area contributed by atoms with E-state index in [0.29, 0.717) is 12.2 Å². The average molecular weight is 302 g/mol. The van der Waals surface area contributed by atoms with Gasteiger partial charge in [-0.25, -0.2) is 0 Å². The zero-order valence-electron chi connectivity index (χ0n) is 9.17. The van der Waals surface area contributed by atoms with Crippen LogP contribution in [0.4, 0.5) is 0 Å². The number of carbonyl (C=O) groups excluding carboxylic acids is 1. The first-order chi connectivity index (χ1) is 7.75. The van der Waals surface area contributed by atoms with Crippen LogP contribution in [0.1, 0.15) is 30.6 Å². The Balaban J connectivity index is 1.91. The molecule has 0 spiro atoms. The van der Waals surface area contributed by atoms with Crippen LogP contribution in [0, 0.1) is 0 Å². The molecule has 1 aliphatic rings. The summed E-state index contributed by atoms with van der Waals surface area (Å²) in [4.78, 5) is 13.2. The van der Waals surface area contributed by atoms with Crippen molar-refractivity contribution in [3.8, 4) is 0 Å². The van der Waals surface area contributed by atoms with Gasteiger partial charge in [0, 0.05) is 21.2 Å². The Labute approximate surface area is 109 Å². The number of rotatable bonds is 3. The summed E-state index contributed by atoms with van der Waals surface area (Å²) in [6.07, 6.45) is 5.21. The van der Waals surface area contributed by atoms with Crippen molar-refractivity contribution in [2.24, 2.45) is 0 Å². The van der Waals surface area contributed by atoms with Gasteiger partial charge in [0.2, 0.25) is 0 Å². The Kier molecular flexibility index (Phi) is 4.55. The maximum absolute atomic E-state index is 12.1. The van der Waals surface area contributed by atoms with E-state index in [1.807, 2.05) is 11.4 Å². The smallest absolute Gasteiger partial charge is 0.154 e. The number of ketones is 1. The van der Waals surface area contributed by atoms with Crippen molar-refractivity contribution in [3.63, 3.8) is 0 Å². The molecule has 0 aliphatic carbocycles. The highest BCUT2D eigenvalue weighted by molar-refractivity contribution is 9.10. The van der Waals surface area contributed by atoms with E-state index in [1.54, 1.807) is 11.3 Å². The molecule has 2 nitrogen and oxygen atoms in total. The number of halogens is 1. The van der Waals surface area contributed by atoms with E-state index in [-0.39, 0.29) is 6.04 Å². The number of hydrogen-bond donors (Lipinski definition) is 1. The summed E-state index contributed by atoms with van der Waals surface area (Å²) >= 11 is 5.07. The van der Waals surface area contributed by atoms with E-state index >= 15 is 0 Å². The van der Waals surface area contributed by atoms with Crippen molar-refractivity contribution >= 4 is 33.0 Å². The standard InChI is InChI=1S/C12H16BrNOS/c13-9-6-10(16-8-9)7-12(15)11-4-2-1-3-5-14-11/h6,8,11,14H,1-5,7H2. The molecule has 4 heteroatoms. The van der Waals surface area contributed by atoms with Crippen molar-refractivity contribution in [2.75, 3.05) is 6.54 Å². The molecule has 0 saturated carbocycles. The molecule has 2 rings (SSSR count). The Morgan fingerprint density at radius 1 is 1.50 bits per heavy atom. The molecule has 0 bridgehead atoms. The van der Waals surface area contributed by atoms with Gasteiger partial charge in [0.1, 0.15) is 0 Å². The summed E-state index contributed by atoms with van der Waals surface area (Å²) in [7, 11) is 0. The molecular formula is C12H16BrNOS. The minimum atomic E-state index is 0.0865. The van der Waals surface area contributed by atoms with Crippen molar-refractivity contribution < 1.29 is 4.79 Å². The quantitative estimate of drug-likeness (QED) is 0.929. The third-order valence-corrected chi connectivity index (χ3v) is 4.62. The normalized spacial score (nSPS) is 21.7. The Hall–Kier alpha value is -0.190. The first-order valence-electron chi connectivity index (χ1n) is 5.75. The summed E-state index contributed by atoms with van der Waals surface area (Å²) in [6.45, 7) is 0.991. The molecule has 1 fully saturated rings. The Morgan fingerprint density at radius 2 is 2.38 bits per heavy atom. The second-order valence-electron chi connectivity index (χ2n) is 4.23. The Morgan fingerprint density at radius 3 is 3.12 bits per heavy atom. The molecule has 1 saturated heterocycles. The van der Waals surface area contributed by atoms with Gasteiger partial charge >= 0.3 is 0 Å². The predicted molar refractivity (Wildman–Crippen MR) is 71.0 cm³/mol. The van der Waals surface area contributed by atoms with Gasteiger partial charge < -0.3 is 5.32 Å². The van der Waals surface area contributed by atoms with Gasteiger partial charge in [-0.2, -0.15) is 0 Å². The van der Waals surface area contributed by atoms with Gasteiger partial charge in [-0.1, -0.05) is 12.8 Å². The van der Waals surface area contributed by atoms with Crippen LogP contribution in [0.5, 0.6) is 0 Å². The SMILES string of the molecule is O=C(Cc1cc(Br)cs1)C1CCCCCN1. The summed E-state index contributed by atoms with van der Waals surface area (Å²) in [5, 5.41) is 5.38. The molecule has 1 N–H and O–H groups in total. The fourth-order valence-corrected chi connectivity index (χ4v) is 3.51. The highest BCUT2D eigenvalue weighted by Crippen LogP contribution is 2.21. The minimum absolute atomic E-state index is 0.0865. The molecule has 0 amide bonds. The van der Waals surface area contributed by atoms with Crippen LogP contribution < -0.4 is 5.32 Å². The lowest BCUT2D eigenvalue weighted by Crippen LogP contribution is -2.36. The summed E-state index contributed by atoms with van der Waals surface area (Å²) in [6, 6.07) is 2.13. The second kappa shape index (κ2) is 5.94. The maximum atomic E-state index is 12.1. The molecule has 0 aromatic carbocycles. The lowest BCUT2D eigenvalue weighted by atomic mass is 10.0. The second-order valence-corrected chi connectivity index (χ2v) is 6.14. The summed E-state index contributed by atoms with van der Waals surface area (Å²) in [5.41, 5.74) is 0. The number of hydrogen-bond acceptors (Lipinski definition) is 3.